The molecule has 0 radical (unpaired) electrons. The Bertz CT molecular complexity index is 1710. The molecule has 0 saturated carbocycles. The molecule has 0 bridgehead atoms. The second kappa shape index (κ2) is 14.4. The van der Waals surface area contributed by atoms with Crippen LogP contribution in [0.3, 0.4) is 0 Å². The molecule has 3 aromatic rings. The van der Waals surface area contributed by atoms with Gasteiger partial charge in [0.15, 0.2) is 11.6 Å². The number of rotatable bonds is 11. The van der Waals surface area contributed by atoms with Crippen LogP contribution in [-0.4, -0.2) is 55.3 Å². The Balaban J connectivity index is 1.72. The van der Waals surface area contributed by atoms with Gasteiger partial charge < -0.3 is 29.0 Å². The molecule has 2 aromatic carbocycles. The van der Waals surface area contributed by atoms with Gasteiger partial charge in [-0.3, -0.25) is 14.4 Å². The van der Waals surface area contributed by atoms with Crippen molar-refractivity contribution in [2.75, 3.05) is 31.7 Å². The molecule has 16 heteroatoms. The van der Waals surface area contributed by atoms with Crippen molar-refractivity contribution < 1.29 is 50.1 Å². The molecule has 2 heterocycles. The highest BCUT2D eigenvalue weighted by atomic mass is 31.0. The third-order valence-electron chi connectivity index (χ3n) is 7.66. The number of carbonyl (C=O) groups is 2. The fourth-order valence-electron chi connectivity index (χ4n) is 5.72. The molecule has 1 aliphatic heterocycles. The topological polar surface area (TPSA) is 99.1 Å². The van der Waals surface area contributed by atoms with Crippen molar-refractivity contribution >= 4 is 37.7 Å². The van der Waals surface area contributed by atoms with Gasteiger partial charge >= 0.3 is 12.3 Å². The highest BCUT2D eigenvalue weighted by Crippen LogP contribution is 2.41. The minimum absolute atomic E-state index is 0.0700. The number of carbonyl (C=O) groups excluding carboxylic acids is 2. The molecule has 0 spiro atoms. The maximum atomic E-state index is 15.9. The second-order valence-corrected chi connectivity index (χ2v) is 12.0. The number of amides is 1. The number of esters is 1. The summed E-state index contributed by atoms with van der Waals surface area (Å²) in [5, 5.41) is 2.10. The van der Waals surface area contributed by atoms with E-state index >= 15 is 4.39 Å². The molecular formula is C31H34F6N3O6P. The number of methoxy groups -OCH3 is 1. The van der Waals surface area contributed by atoms with Gasteiger partial charge in [-0.15, -0.1) is 13.2 Å². The smallest absolute Gasteiger partial charge is 0.492 e. The summed E-state index contributed by atoms with van der Waals surface area (Å²) in [4.78, 5) is 40.6. The van der Waals surface area contributed by atoms with E-state index in [0.29, 0.717) is 30.5 Å². The molecule has 1 saturated heterocycles. The lowest BCUT2D eigenvalue weighted by Gasteiger charge is -2.35. The van der Waals surface area contributed by atoms with Crippen molar-refractivity contribution in [1.29, 1.82) is 0 Å². The van der Waals surface area contributed by atoms with Crippen LogP contribution in [0.5, 0.6) is 11.5 Å². The van der Waals surface area contributed by atoms with Crippen LogP contribution < -0.4 is 25.1 Å². The average Bonchev–Trinajstić information content (AvgIpc) is 2.96. The summed E-state index contributed by atoms with van der Waals surface area (Å²) < 4.78 is 97.9. The Morgan fingerprint density at radius 3 is 2.49 bits per heavy atom. The van der Waals surface area contributed by atoms with E-state index in [1.807, 2.05) is 0 Å². The fourth-order valence-corrected chi connectivity index (χ4v) is 5.91. The van der Waals surface area contributed by atoms with Crippen LogP contribution in [0.1, 0.15) is 47.7 Å². The number of fused-ring (bicyclic) bond motifs is 1. The summed E-state index contributed by atoms with van der Waals surface area (Å²) in [6.07, 6.45) is -2.57. The monoisotopic (exact) mass is 689 g/mol. The summed E-state index contributed by atoms with van der Waals surface area (Å²) in [6, 6.07) is 4.35. The van der Waals surface area contributed by atoms with Gasteiger partial charge in [0, 0.05) is 25.8 Å². The van der Waals surface area contributed by atoms with E-state index in [9.17, 15) is 36.3 Å². The number of ether oxygens (including phenoxy) is 3. The van der Waals surface area contributed by atoms with Crippen LogP contribution in [0, 0.1) is 18.7 Å². The molecule has 1 amide bonds. The van der Waals surface area contributed by atoms with Gasteiger partial charge in [0.2, 0.25) is 5.43 Å². The Hall–Kier alpha value is -4.00. The van der Waals surface area contributed by atoms with Gasteiger partial charge in [-0.05, 0) is 61.9 Å². The number of aryl methyl sites for hydroxylation is 1. The van der Waals surface area contributed by atoms with Crippen molar-refractivity contribution in [3.63, 3.8) is 0 Å². The number of halogens is 6. The van der Waals surface area contributed by atoms with E-state index in [-0.39, 0.29) is 54.4 Å². The van der Waals surface area contributed by atoms with Crippen LogP contribution in [0.2, 0.25) is 0 Å². The zero-order valence-electron chi connectivity index (χ0n) is 25.8. The summed E-state index contributed by atoms with van der Waals surface area (Å²) in [5.41, 5.74) is -4.42. The Labute approximate surface area is 268 Å². The van der Waals surface area contributed by atoms with Crippen LogP contribution in [0.25, 0.3) is 10.9 Å². The number of benzene rings is 2. The molecule has 1 N–H and O–H groups in total. The lowest BCUT2D eigenvalue weighted by atomic mass is 9.94. The van der Waals surface area contributed by atoms with Gasteiger partial charge in [-0.2, -0.15) is 0 Å². The molecular weight excluding hydrogens is 655 g/mol. The maximum Gasteiger partial charge on any atom is 0.573 e. The molecule has 256 valence electrons. The number of hydrogen-bond acceptors (Lipinski definition) is 7. The first-order valence-electron chi connectivity index (χ1n) is 14.7. The summed E-state index contributed by atoms with van der Waals surface area (Å²) in [5.74, 6) is -3.09. The van der Waals surface area contributed by atoms with E-state index in [1.165, 1.54) is 29.3 Å². The zero-order chi connectivity index (χ0) is 34.7. The molecule has 1 unspecified atom stereocenters. The molecule has 47 heavy (non-hydrogen) atoms. The van der Waals surface area contributed by atoms with Crippen LogP contribution in [-0.2, 0) is 22.6 Å². The van der Waals surface area contributed by atoms with E-state index in [2.05, 4.69) is 10.1 Å². The minimum atomic E-state index is -4.89. The summed E-state index contributed by atoms with van der Waals surface area (Å²) in [7, 11) is 2.58. The number of alkyl halides is 5. The van der Waals surface area contributed by atoms with Crippen molar-refractivity contribution in [2.24, 2.45) is 5.92 Å². The average molecular weight is 690 g/mol. The quantitative estimate of drug-likeness (QED) is 0.152. The van der Waals surface area contributed by atoms with Gasteiger partial charge in [-0.25, -0.2) is 13.2 Å². The highest BCUT2D eigenvalue weighted by molar-refractivity contribution is 7.18. The number of pyridine rings is 1. The van der Waals surface area contributed by atoms with Crippen molar-refractivity contribution in [3.8, 4) is 11.5 Å². The zero-order valence-corrected chi connectivity index (χ0v) is 27.0. The number of nitrogens with zero attached hydrogens (tertiary/aromatic N) is 2. The van der Waals surface area contributed by atoms with Gasteiger partial charge in [0.05, 0.1) is 37.6 Å². The molecule has 9 nitrogen and oxygen atoms in total. The van der Waals surface area contributed by atoms with E-state index < -0.39 is 53.0 Å². The standard InChI is InChI=1S/C31H34F6N3O6P/c1-4-45-24(41)11-18-6-5-9-39(14-18)26-23(32)12-21-25(28(26)44-3)40(16-30(33,34)47)15-22(27(21)42)29(43)38-13-19-7-8-20(10-17(19)2)46-31(35,36)37/h7-8,10,12,15,18H,4-6,9,11,13-14,16,47H2,1-3H3,(H,38,43)/t18-/m1/s1. The van der Waals surface area contributed by atoms with Crippen molar-refractivity contribution in [2.45, 2.75) is 58.2 Å². The number of nitrogens with one attached hydrogen (secondary N) is 1. The Kier molecular flexibility index (Phi) is 11.0. The van der Waals surface area contributed by atoms with Crippen molar-refractivity contribution in [1.82, 2.24) is 9.88 Å². The van der Waals surface area contributed by atoms with Crippen LogP contribution in [0.15, 0.2) is 35.3 Å². The van der Waals surface area contributed by atoms with Gasteiger partial charge in [0.25, 0.3) is 11.6 Å². The second-order valence-electron chi connectivity index (χ2n) is 11.2. The van der Waals surface area contributed by atoms with E-state index in [4.69, 9.17) is 9.47 Å². The van der Waals surface area contributed by atoms with E-state index in [0.717, 1.165) is 29.0 Å². The molecule has 1 aliphatic rings. The maximum absolute atomic E-state index is 15.9. The first-order valence-corrected chi connectivity index (χ1v) is 15.2. The normalized spacial score (nSPS) is 15.4. The van der Waals surface area contributed by atoms with Crippen LogP contribution in [0.4, 0.5) is 32.0 Å². The molecule has 4 rings (SSSR count). The Morgan fingerprint density at radius 2 is 1.87 bits per heavy atom. The number of hydrogen-bond donors (Lipinski definition) is 1. The highest BCUT2D eigenvalue weighted by Gasteiger charge is 2.33. The summed E-state index contributed by atoms with van der Waals surface area (Å²) in [6.45, 7) is 2.74. The molecule has 1 aromatic heterocycles. The van der Waals surface area contributed by atoms with Crippen LogP contribution >= 0.6 is 9.24 Å². The van der Waals surface area contributed by atoms with Crippen molar-refractivity contribution in [3.05, 3.63) is 63.2 Å². The largest absolute Gasteiger partial charge is 0.573 e. The lowest BCUT2D eigenvalue weighted by molar-refractivity contribution is -0.274. The number of anilines is 1. The third-order valence-corrected chi connectivity index (χ3v) is 7.84. The minimum Gasteiger partial charge on any atom is -0.492 e. The number of aromatic nitrogens is 1. The third kappa shape index (κ3) is 8.88. The number of piperidine rings is 1. The predicted octanol–water partition coefficient (Wildman–Crippen LogP) is 5.92. The molecule has 0 aliphatic carbocycles. The first-order chi connectivity index (χ1) is 22.0. The fraction of sp³-hybridized carbons (Fsp3) is 0.452. The molecule has 1 fully saturated rings. The summed E-state index contributed by atoms with van der Waals surface area (Å²) >= 11 is 0. The van der Waals surface area contributed by atoms with Gasteiger partial charge in [-0.1, -0.05) is 15.3 Å². The van der Waals surface area contributed by atoms with Gasteiger partial charge in [0.1, 0.15) is 17.0 Å². The SMILES string of the molecule is CCOC(=O)C[C@H]1CCCN(c2c(F)cc3c(=O)c(C(=O)NCc4ccc(OC(F)(F)F)cc4C)cn(CC(F)(F)P)c3c2OC)C1. The first kappa shape index (κ1) is 35.8. The van der Waals surface area contributed by atoms with E-state index in [1.54, 1.807) is 11.8 Å². The molecule has 2 atom stereocenters. The lowest BCUT2D eigenvalue weighted by Crippen LogP contribution is -2.37. The predicted molar refractivity (Wildman–Crippen MR) is 165 cm³/mol. The Morgan fingerprint density at radius 1 is 1.15 bits per heavy atom.